The second-order valence-electron chi connectivity index (χ2n) is 7.22. The van der Waals surface area contributed by atoms with E-state index in [1.54, 1.807) is 0 Å². The number of anilines is 1. The Morgan fingerprint density at radius 1 is 1.19 bits per heavy atom. The quantitative estimate of drug-likeness (QED) is 0.483. The number of aliphatic imine (C=N–C) groups is 1. The van der Waals surface area contributed by atoms with E-state index in [9.17, 15) is 0 Å². The molecule has 0 aliphatic carbocycles. The molecule has 2 aliphatic rings. The summed E-state index contributed by atoms with van der Waals surface area (Å²) >= 11 is 6.08. The average Bonchev–Trinajstić information content (AvgIpc) is 2.84. The van der Waals surface area contributed by atoms with E-state index in [1.165, 1.54) is 0 Å². The van der Waals surface area contributed by atoms with Gasteiger partial charge in [-0.25, -0.2) is 15.4 Å². The van der Waals surface area contributed by atoms with Crippen molar-refractivity contribution in [2.24, 2.45) is 10.8 Å². The molecule has 1 saturated heterocycles. The summed E-state index contributed by atoms with van der Waals surface area (Å²) in [4.78, 5) is 4.92. The van der Waals surface area contributed by atoms with Crippen molar-refractivity contribution in [1.29, 1.82) is 0 Å². The van der Waals surface area contributed by atoms with Gasteiger partial charge in [-0.2, -0.15) is 0 Å². The van der Waals surface area contributed by atoms with E-state index < -0.39 is 0 Å². The Morgan fingerprint density at radius 2 is 2.07 bits per heavy atom. The van der Waals surface area contributed by atoms with Gasteiger partial charge >= 0.3 is 0 Å². The summed E-state index contributed by atoms with van der Waals surface area (Å²) in [6, 6.07) is 15.9. The number of hydrogen-bond donors (Lipinski definition) is 4. The summed E-state index contributed by atoms with van der Waals surface area (Å²) in [6.45, 7) is 2.24. The molecule has 2 heterocycles. The van der Waals surface area contributed by atoms with Crippen LogP contribution in [0.15, 0.2) is 53.5 Å². The van der Waals surface area contributed by atoms with Crippen LogP contribution in [0, 0.1) is 0 Å². The molecule has 7 heteroatoms. The van der Waals surface area contributed by atoms with Gasteiger partial charge < -0.3 is 10.7 Å². The topological polar surface area (TPSA) is 77.7 Å². The van der Waals surface area contributed by atoms with E-state index in [4.69, 9.17) is 22.4 Å². The molecular weight excluding hydrogens is 360 g/mol. The Hall–Kier alpha value is -2.12. The predicted molar refractivity (Wildman–Crippen MR) is 111 cm³/mol. The van der Waals surface area contributed by atoms with Crippen LogP contribution in [0.5, 0.6) is 0 Å². The van der Waals surface area contributed by atoms with Crippen LogP contribution in [0.2, 0.25) is 5.02 Å². The number of benzene rings is 2. The monoisotopic (exact) mass is 384 g/mol. The van der Waals surface area contributed by atoms with Gasteiger partial charge in [-0.05, 0) is 49.1 Å². The average molecular weight is 385 g/mol. The zero-order chi connectivity index (χ0) is 18.7. The van der Waals surface area contributed by atoms with Crippen LogP contribution in [0.3, 0.4) is 0 Å². The molecule has 0 bridgehead atoms. The Bertz CT molecular complexity index is 839. The Morgan fingerprint density at radius 3 is 2.96 bits per heavy atom. The van der Waals surface area contributed by atoms with Gasteiger partial charge in [-0.15, -0.1) is 0 Å². The molecule has 2 aromatic carbocycles. The van der Waals surface area contributed by atoms with Crippen molar-refractivity contribution >= 4 is 28.8 Å². The van der Waals surface area contributed by atoms with E-state index in [-0.39, 0.29) is 5.54 Å². The van der Waals surface area contributed by atoms with Crippen molar-refractivity contribution in [1.82, 2.24) is 15.9 Å². The third-order valence-corrected chi connectivity index (χ3v) is 5.36. The molecule has 0 aromatic heterocycles. The first-order valence-corrected chi connectivity index (χ1v) is 9.72. The Labute approximate surface area is 164 Å². The minimum atomic E-state index is -0.332. The smallest absolute Gasteiger partial charge is 0.144 e. The van der Waals surface area contributed by atoms with Gasteiger partial charge in [0.1, 0.15) is 11.4 Å². The summed E-state index contributed by atoms with van der Waals surface area (Å²) in [6.07, 6.45) is 3.16. The highest BCUT2D eigenvalue weighted by atomic mass is 35.5. The highest BCUT2D eigenvalue weighted by Gasteiger charge is 2.41. The van der Waals surface area contributed by atoms with Crippen LogP contribution < -0.4 is 22.0 Å². The molecule has 6 nitrogen and oxygen atoms in total. The minimum absolute atomic E-state index is 0.332. The number of rotatable bonds is 3. The number of nitrogens with one attached hydrogen (secondary N) is 3. The first kappa shape index (κ1) is 18.3. The van der Waals surface area contributed by atoms with Gasteiger partial charge in [0.2, 0.25) is 0 Å². The van der Waals surface area contributed by atoms with E-state index in [0.29, 0.717) is 13.1 Å². The standard InChI is InChI=1S/C20H25ClN6/c21-16-7-5-6-15(12-16)13-23-26-19-20(10-3-4-11-27(22)14-20)25-18-9-2-1-8-17(18)24-19/h1-2,5-9,12,23,25H,3-4,10-11,13-14,22H2,(H,24,26). The van der Waals surface area contributed by atoms with Crippen molar-refractivity contribution in [3.8, 4) is 0 Å². The number of fused-ring (bicyclic) bond motifs is 1. The number of halogens is 1. The fourth-order valence-corrected chi connectivity index (χ4v) is 4.00. The van der Waals surface area contributed by atoms with Gasteiger partial charge in [0.05, 0.1) is 11.4 Å². The zero-order valence-corrected chi connectivity index (χ0v) is 16.0. The number of hydrazine groups is 2. The third-order valence-electron chi connectivity index (χ3n) is 5.12. The molecule has 0 saturated carbocycles. The maximum Gasteiger partial charge on any atom is 0.144 e. The zero-order valence-electron chi connectivity index (χ0n) is 15.2. The maximum absolute atomic E-state index is 6.23. The van der Waals surface area contributed by atoms with Gasteiger partial charge in [-0.3, -0.25) is 5.84 Å². The molecule has 142 valence electrons. The number of hydrogen-bond acceptors (Lipinski definition) is 6. The fraction of sp³-hybridized carbons (Fsp3) is 0.350. The SMILES string of the molecule is NN1CCCCC2(C1)Nc1ccccc1N=C2NNCc1cccc(Cl)c1. The maximum atomic E-state index is 6.23. The molecule has 2 aromatic rings. The van der Waals surface area contributed by atoms with Crippen LogP contribution in [-0.2, 0) is 6.54 Å². The van der Waals surface area contributed by atoms with Gasteiger partial charge in [0, 0.05) is 24.7 Å². The van der Waals surface area contributed by atoms with Gasteiger partial charge in [0.15, 0.2) is 0 Å². The van der Waals surface area contributed by atoms with E-state index in [0.717, 1.165) is 53.6 Å². The van der Waals surface area contributed by atoms with Gasteiger partial charge in [-0.1, -0.05) is 35.9 Å². The normalized spacial score (nSPS) is 22.5. The molecule has 1 atom stereocenters. The third kappa shape index (κ3) is 4.09. The lowest BCUT2D eigenvalue weighted by molar-refractivity contribution is 0.269. The lowest BCUT2D eigenvalue weighted by Crippen LogP contribution is -2.62. The number of para-hydroxylation sites is 2. The van der Waals surface area contributed by atoms with Crippen LogP contribution in [0.4, 0.5) is 11.4 Å². The molecule has 0 radical (unpaired) electrons. The lowest BCUT2D eigenvalue weighted by Gasteiger charge is -2.40. The van der Waals surface area contributed by atoms with Crippen LogP contribution >= 0.6 is 11.6 Å². The van der Waals surface area contributed by atoms with E-state index in [1.807, 2.05) is 47.5 Å². The Kier molecular flexibility index (Phi) is 5.31. The molecule has 1 unspecified atom stereocenters. The predicted octanol–water partition coefficient (Wildman–Crippen LogP) is 3.19. The molecule has 5 N–H and O–H groups in total. The van der Waals surface area contributed by atoms with Crippen molar-refractivity contribution < 1.29 is 0 Å². The second kappa shape index (κ2) is 7.86. The van der Waals surface area contributed by atoms with Crippen molar-refractivity contribution in [3.63, 3.8) is 0 Å². The summed E-state index contributed by atoms with van der Waals surface area (Å²) in [5.74, 6) is 7.11. The molecule has 27 heavy (non-hydrogen) atoms. The number of nitrogens with two attached hydrogens (primary N) is 1. The first-order valence-electron chi connectivity index (χ1n) is 9.34. The lowest BCUT2D eigenvalue weighted by atomic mass is 9.89. The van der Waals surface area contributed by atoms with Crippen molar-refractivity contribution in [2.75, 3.05) is 18.4 Å². The summed E-state index contributed by atoms with van der Waals surface area (Å²) in [7, 11) is 0. The molecule has 0 amide bonds. The molecule has 1 spiro atoms. The largest absolute Gasteiger partial charge is 0.370 e. The van der Waals surface area contributed by atoms with E-state index >= 15 is 0 Å². The summed E-state index contributed by atoms with van der Waals surface area (Å²) < 4.78 is 0. The molecular formula is C20H25ClN6. The van der Waals surface area contributed by atoms with Crippen LogP contribution in [0.1, 0.15) is 24.8 Å². The van der Waals surface area contributed by atoms with Crippen LogP contribution in [0.25, 0.3) is 0 Å². The molecule has 2 aliphatic heterocycles. The minimum Gasteiger partial charge on any atom is -0.370 e. The Balaban J connectivity index is 1.57. The summed E-state index contributed by atoms with van der Waals surface area (Å²) in [5, 5.41) is 6.34. The molecule has 4 rings (SSSR count). The van der Waals surface area contributed by atoms with Gasteiger partial charge in [0.25, 0.3) is 0 Å². The fourth-order valence-electron chi connectivity index (χ4n) is 3.79. The second-order valence-corrected chi connectivity index (χ2v) is 7.66. The molecule has 1 fully saturated rings. The van der Waals surface area contributed by atoms with Crippen molar-refractivity contribution in [2.45, 2.75) is 31.3 Å². The highest BCUT2D eigenvalue weighted by molar-refractivity contribution is 6.30. The van der Waals surface area contributed by atoms with Crippen molar-refractivity contribution in [3.05, 3.63) is 59.1 Å². The highest BCUT2D eigenvalue weighted by Crippen LogP contribution is 2.36. The number of nitrogens with zero attached hydrogens (tertiary/aromatic N) is 2. The number of amidine groups is 1. The summed E-state index contributed by atoms with van der Waals surface area (Å²) in [5.41, 5.74) is 9.41. The first-order chi connectivity index (χ1) is 13.1. The van der Waals surface area contributed by atoms with Crippen LogP contribution in [-0.4, -0.2) is 29.5 Å². The van der Waals surface area contributed by atoms with E-state index in [2.05, 4.69) is 22.2 Å².